The Balaban J connectivity index is 2.33. The van der Waals surface area contributed by atoms with Crippen molar-refractivity contribution >= 4 is 28.9 Å². The van der Waals surface area contributed by atoms with Gasteiger partial charge in [-0.25, -0.2) is 4.79 Å². The minimum atomic E-state index is -1.50. The normalized spacial score (nSPS) is 12.9. The lowest BCUT2D eigenvalue weighted by Crippen LogP contribution is -2.34. The number of hydrogen-bond acceptors (Lipinski definition) is 6. The van der Waals surface area contributed by atoms with E-state index in [9.17, 15) is 20.0 Å². The van der Waals surface area contributed by atoms with Gasteiger partial charge in [0.15, 0.2) is 6.10 Å². The van der Waals surface area contributed by atoms with Crippen molar-refractivity contribution < 1.29 is 19.6 Å². The summed E-state index contributed by atoms with van der Waals surface area (Å²) in [5, 5.41) is 24.7. The predicted octanol–water partition coefficient (Wildman–Crippen LogP) is 3.33. The highest BCUT2D eigenvalue weighted by Gasteiger charge is 2.29. The van der Waals surface area contributed by atoms with E-state index in [4.69, 9.17) is 16.3 Å². The summed E-state index contributed by atoms with van der Waals surface area (Å²) in [4.78, 5) is 22.2. The molecule has 0 saturated heterocycles. The summed E-state index contributed by atoms with van der Waals surface area (Å²) < 4.78 is 4.87. The maximum absolute atomic E-state index is 11.9. The summed E-state index contributed by atoms with van der Waals surface area (Å²) in [5.41, 5.74) is 0.987. The Morgan fingerprint density at radius 2 is 2.00 bits per heavy atom. The monoisotopic (exact) mass is 364 g/mol. The molecule has 0 fully saturated rings. The fraction of sp³-hybridized carbons (Fsp3) is 0.235. The van der Waals surface area contributed by atoms with E-state index in [0.29, 0.717) is 16.3 Å². The summed E-state index contributed by atoms with van der Waals surface area (Å²) in [5.74, 6) is -0.791. The second-order valence-corrected chi connectivity index (χ2v) is 5.61. The standard InChI is InChI=1S/C17H17ClN2O5/c1-2-25-17(22)16(21)15(19-13-5-3-4-12(18)10-13)11-6-8-14(9-7-11)20(23)24/h3-10,15-16,19,21H,2H2,1H3/t15-,16-/m1/s1. The number of halogens is 1. The van der Waals surface area contributed by atoms with E-state index in [-0.39, 0.29) is 12.3 Å². The number of nitrogens with one attached hydrogen (secondary N) is 1. The summed E-state index contributed by atoms with van der Waals surface area (Å²) in [6.07, 6.45) is -1.50. The number of hydrogen-bond donors (Lipinski definition) is 2. The molecule has 0 radical (unpaired) electrons. The van der Waals surface area contributed by atoms with Gasteiger partial charge in [0, 0.05) is 22.8 Å². The molecule has 2 aromatic carbocycles. The number of esters is 1. The quantitative estimate of drug-likeness (QED) is 0.444. The summed E-state index contributed by atoms with van der Waals surface area (Å²) in [6.45, 7) is 1.76. The number of carbonyl (C=O) groups excluding carboxylic acids is 1. The van der Waals surface area contributed by atoms with Gasteiger partial charge in [-0.3, -0.25) is 10.1 Å². The Bertz CT molecular complexity index is 751. The molecule has 25 heavy (non-hydrogen) atoms. The summed E-state index contributed by atoms with van der Waals surface area (Å²) in [6, 6.07) is 11.5. The van der Waals surface area contributed by atoms with Crippen molar-refractivity contribution in [2.24, 2.45) is 0 Å². The maximum Gasteiger partial charge on any atom is 0.337 e. The number of ether oxygens (including phenoxy) is 1. The fourth-order valence-corrected chi connectivity index (χ4v) is 2.46. The topological polar surface area (TPSA) is 102 Å². The third kappa shape index (κ3) is 4.91. The van der Waals surface area contributed by atoms with Crippen molar-refractivity contribution in [1.29, 1.82) is 0 Å². The van der Waals surface area contributed by atoms with Crippen LogP contribution in [0, 0.1) is 10.1 Å². The highest BCUT2D eigenvalue weighted by molar-refractivity contribution is 6.30. The molecule has 0 heterocycles. The smallest absolute Gasteiger partial charge is 0.337 e. The largest absolute Gasteiger partial charge is 0.464 e. The Hall–Kier alpha value is -2.64. The Labute approximate surface area is 149 Å². The number of aliphatic hydroxyl groups excluding tert-OH is 1. The molecule has 0 bridgehead atoms. The number of rotatable bonds is 7. The first kappa shape index (κ1) is 18.7. The van der Waals surface area contributed by atoms with E-state index in [1.165, 1.54) is 24.3 Å². The van der Waals surface area contributed by atoms with Gasteiger partial charge in [0.2, 0.25) is 0 Å². The first-order valence-electron chi connectivity index (χ1n) is 7.53. The van der Waals surface area contributed by atoms with E-state index in [1.54, 1.807) is 31.2 Å². The lowest BCUT2D eigenvalue weighted by atomic mass is 10.0. The van der Waals surface area contributed by atoms with Crippen molar-refractivity contribution in [3.05, 3.63) is 69.2 Å². The zero-order chi connectivity index (χ0) is 18.4. The molecule has 2 atom stereocenters. The van der Waals surface area contributed by atoms with Gasteiger partial charge in [0.1, 0.15) is 0 Å². The predicted molar refractivity (Wildman–Crippen MR) is 93.6 cm³/mol. The van der Waals surface area contributed by atoms with E-state index in [2.05, 4.69) is 5.32 Å². The Morgan fingerprint density at radius 1 is 1.32 bits per heavy atom. The second kappa shape index (κ2) is 8.46. The van der Waals surface area contributed by atoms with Crippen molar-refractivity contribution in [2.75, 3.05) is 11.9 Å². The average molecular weight is 365 g/mol. The van der Waals surface area contributed by atoms with E-state index >= 15 is 0 Å². The first-order chi connectivity index (χ1) is 11.9. The van der Waals surface area contributed by atoms with Crippen LogP contribution >= 0.6 is 11.6 Å². The molecule has 2 rings (SSSR count). The zero-order valence-corrected chi connectivity index (χ0v) is 14.1. The van der Waals surface area contributed by atoms with Crippen molar-refractivity contribution in [3.8, 4) is 0 Å². The van der Waals surface area contributed by atoms with Gasteiger partial charge >= 0.3 is 5.97 Å². The molecule has 0 spiro atoms. The Kier molecular flexibility index (Phi) is 6.32. The second-order valence-electron chi connectivity index (χ2n) is 5.18. The third-order valence-electron chi connectivity index (χ3n) is 3.45. The van der Waals surface area contributed by atoms with Crippen LogP contribution in [0.3, 0.4) is 0 Å². The molecule has 0 aromatic heterocycles. The van der Waals surface area contributed by atoms with Gasteiger partial charge in [-0.1, -0.05) is 29.8 Å². The number of aliphatic hydroxyl groups is 1. The summed E-state index contributed by atoms with van der Waals surface area (Å²) in [7, 11) is 0. The van der Waals surface area contributed by atoms with Gasteiger partial charge in [-0.05, 0) is 30.7 Å². The van der Waals surface area contributed by atoms with Crippen LogP contribution in [0.2, 0.25) is 5.02 Å². The maximum atomic E-state index is 11.9. The number of anilines is 1. The van der Waals surface area contributed by atoms with Crippen molar-refractivity contribution in [1.82, 2.24) is 0 Å². The number of benzene rings is 2. The number of non-ortho nitro benzene ring substituents is 1. The van der Waals surface area contributed by atoms with Gasteiger partial charge in [-0.2, -0.15) is 0 Å². The highest BCUT2D eigenvalue weighted by atomic mass is 35.5. The number of nitro groups is 1. The molecule has 8 heteroatoms. The van der Waals surface area contributed by atoms with Crippen molar-refractivity contribution in [2.45, 2.75) is 19.1 Å². The molecule has 2 N–H and O–H groups in total. The third-order valence-corrected chi connectivity index (χ3v) is 3.69. The van der Waals surface area contributed by atoms with Crippen LogP contribution in [0.4, 0.5) is 11.4 Å². The molecule has 2 aromatic rings. The van der Waals surface area contributed by atoms with Gasteiger partial charge < -0.3 is 15.2 Å². The summed E-state index contributed by atoms with van der Waals surface area (Å²) >= 11 is 5.95. The van der Waals surface area contributed by atoms with E-state index < -0.39 is 23.0 Å². The SMILES string of the molecule is CCOC(=O)[C@H](O)[C@H](Nc1cccc(Cl)c1)c1ccc([N+](=O)[O-])cc1. The van der Waals surface area contributed by atoms with E-state index in [0.717, 1.165) is 0 Å². The molecule has 0 saturated carbocycles. The molecule has 0 aliphatic heterocycles. The molecule has 7 nitrogen and oxygen atoms in total. The number of nitrogens with zero attached hydrogens (tertiary/aromatic N) is 1. The number of carbonyl (C=O) groups is 1. The number of nitro benzene ring substituents is 1. The van der Waals surface area contributed by atoms with Crippen LogP contribution < -0.4 is 5.32 Å². The van der Waals surface area contributed by atoms with Crippen LogP contribution in [0.5, 0.6) is 0 Å². The van der Waals surface area contributed by atoms with Gasteiger partial charge in [0.05, 0.1) is 17.6 Å². The van der Waals surface area contributed by atoms with Crippen LogP contribution in [-0.2, 0) is 9.53 Å². The van der Waals surface area contributed by atoms with Gasteiger partial charge in [0.25, 0.3) is 5.69 Å². The lowest BCUT2D eigenvalue weighted by molar-refractivity contribution is -0.384. The average Bonchev–Trinajstić information content (AvgIpc) is 2.59. The van der Waals surface area contributed by atoms with Crippen molar-refractivity contribution in [3.63, 3.8) is 0 Å². The molecule has 0 unspecified atom stereocenters. The van der Waals surface area contributed by atoms with E-state index in [1.807, 2.05) is 0 Å². The lowest BCUT2D eigenvalue weighted by Gasteiger charge is -2.24. The molecule has 0 amide bonds. The van der Waals surface area contributed by atoms with Crippen LogP contribution in [0.15, 0.2) is 48.5 Å². The Morgan fingerprint density at radius 3 is 2.56 bits per heavy atom. The molecule has 0 aliphatic carbocycles. The van der Waals surface area contributed by atoms with Crippen LogP contribution in [0.25, 0.3) is 0 Å². The molecular weight excluding hydrogens is 348 g/mol. The van der Waals surface area contributed by atoms with Crippen LogP contribution in [-0.4, -0.2) is 28.7 Å². The first-order valence-corrected chi connectivity index (χ1v) is 7.91. The zero-order valence-electron chi connectivity index (χ0n) is 13.4. The highest BCUT2D eigenvalue weighted by Crippen LogP contribution is 2.27. The van der Waals surface area contributed by atoms with Crippen LogP contribution in [0.1, 0.15) is 18.5 Å². The van der Waals surface area contributed by atoms with Gasteiger partial charge in [-0.15, -0.1) is 0 Å². The minimum Gasteiger partial charge on any atom is -0.464 e. The molecule has 132 valence electrons. The fourth-order valence-electron chi connectivity index (χ4n) is 2.27. The minimum absolute atomic E-state index is 0.0871. The molecule has 0 aliphatic rings. The molecular formula is C17H17ClN2O5.